The Morgan fingerprint density at radius 1 is 1.21 bits per heavy atom. The fourth-order valence-electron chi connectivity index (χ4n) is 2.93. The van der Waals surface area contributed by atoms with Gasteiger partial charge in [0.2, 0.25) is 0 Å². The van der Waals surface area contributed by atoms with E-state index >= 15 is 0 Å². The summed E-state index contributed by atoms with van der Waals surface area (Å²) in [6, 6.07) is 8.90. The van der Waals surface area contributed by atoms with E-state index in [0.29, 0.717) is 11.4 Å². The van der Waals surface area contributed by atoms with E-state index in [-0.39, 0.29) is 11.9 Å². The summed E-state index contributed by atoms with van der Waals surface area (Å²) in [4.78, 5) is 25.8. The second-order valence-corrected chi connectivity index (χ2v) is 6.58. The van der Waals surface area contributed by atoms with Crippen molar-refractivity contribution in [3.8, 4) is 11.4 Å². The lowest BCUT2D eigenvalue weighted by Gasteiger charge is -2.14. The summed E-state index contributed by atoms with van der Waals surface area (Å²) in [6.07, 6.45) is 2.47. The summed E-state index contributed by atoms with van der Waals surface area (Å²) < 4.78 is 1.82. The smallest absolute Gasteiger partial charge is 0.251 e. The minimum Gasteiger partial charge on any atom is -0.373 e. The average molecular weight is 379 g/mol. The molecular weight excluding hydrogens is 354 g/mol. The molecule has 0 aliphatic carbocycles. The van der Waals surface area contributed by atoms with E-state index in [2.05, 4.69) is 37.6 Å². The molecule has 1 atom stereocenters. The van der Waals surface area contributed by atoms with Crippen LogP contribution in [0.4, 0.5) is 5.82 Å². The van der Waals surface area contributed by atoms with E-state index in [1.807, 2.05) is 43.8 Å². The molecule has 3 aromatic rings. The van der Waals surface area contributed by atoms with E-state index in [0.717, 1.165) is 35.9 Å². The third kappa shape index (κ3) is 4.33. The molecule has 0 aliphatic rings. The number of aryl methyl sites for hydroxylation is 2. The lowest BCUT2D eigenvalue weighted by atomic mass is 10.1. The minimum absolute atomic E-state index is 0.161. The normalized spacial score (nSPS) is 11.9. The van der Waals surface area contributed by atoms with Gasteiger partial charge in [-0.2, -0.15) is 5.10 Å². The van der Waals surface area contributed by atoms with Crippen LogP contribution in [-0.4, -0.2) is 37.7 Å². The Kier molecular flexibility index (Phi) is 5.98. The molecule has 3 rings (SSSR count). The van der Waals surface area contributed by atoms with Gasteiger partial charge in [0.15, 0.2) is 5.82 Å². The van der Waals surface area contributed by atoms with Crippen LogP contribution >= 0.6 is 0 Å². The van der Waals surface area contributed by atoms with E-state index in [9.17, 15) is 4.79 Å². The summed E-state index contributed by atoms with van der Waals surface area (Å²) in [7, 11) is 1.82. The van der Waals surface area contributed by atoms with Gasteiger partial charge < -0.3 is 10.6 Å². The molecule has 1 unspecified atom stereocenters. The number of hydrogen-bond donors (Lipinski definition) is 2. The predicted molar refractivity (Wildman–Crippen MR) is 108 cm³/mol. The Labute approximate surface area is 164 Å². The lowest BCUT2D eigenvalue weighted by Crippen LogP contribution is -2.29. The molecule has 146 valence electrons. The number of aromatic nitrogens is 5. The number of nitrogens with one attached hydrogen (secondary N) is 2. The van der Waals surface area contributed by atoms with Crippen LogP contribution in [0.15, 0.2) is 36.7 Å². The summed E-state index contributed by atoms with van der Waals surface area (Å²) in [6.45, 7) is 6.68. The molecule has 1 amide bonds. The fraction of sp³-hybridized carbons (Fsp3) is 0.350. The molecule has 2 N–H and O–H groups in total. The Morgan fingerprint density at radius 3 is 2.64 bits per heavy atom. The molecule has 2 aromatic heterocycles. The average Bonchev–Trinajstić information content (AvgIpc) is 3.16. The molecule has 0 radical (unpaired) electrons. The first-order chi connectivity index (χ1) is 13.5. The Balaban J connectivity index is 1.73. The highest BCUT2D eigenvalue weighted by Crippen LogP contribution is 2.19. The molecule has 0 saturated carbocycles. The third-order valence-corrected chi connectivity index (χ3v) is 4.33. The highest BCUT2D eigenvalue weighted by atomic mass is 16.1. The van der Waals surface area contributed by atoms with Gasteiger partial charge in [0.05, 0.1) is 6.04 Å². The first-order valence-corrected chi connectivity index (χ1v) is 9.34. The van der Waals surface area contributed by atoms with Gasteiger partial charge in [0.25, 0.3) is 5.91 Å². The minimum atomic E-state index is -0.237. The predicted octanol–water partition coefficient (Wildman–Crippen LogP) is 2.99. The van der Waals surface area contributed by atoms with Gasteiger partial charge in [0, 0.05) is 36.5 Å². The van der Waals surface area contributed by atoms with Crippen molar-refractivity contribution in [1.82, 2.24) is 30.0 Å². The van der Waals surface area contributed by atoms with E-state index in [1.165, 1.54) is 6.33 Å². The second-order valence-electron chi connectivity index (χ2n) is 6.58. The molecule has 8 nitrogen and oxygen atoms in total. The van der Waals surface area contributed by atoms with E-state index in [1.54, 1.807) is 12.1 Å². The third-order valence-electron chi connectivity index (χ3n) is 4.33. The fourth-order valence-corrected chi connectivity index (χ4v) is 2.93. The van der Waals surface area contributed by atoms with Crippen molar-refractivity contribution in [2.24, 2.45) is 0 Å². The van der Waals surface area contributed by atoms with Gasteiger partial charge in [-0.15, -0.1) is 0 Å². The number of benzene rings is 1. The number of carbonyl (C=O) groups is 1. The van der Waals surface area contributed by atoms with Crippen molar-refractivity contribution in [3.63, 3.8) is 0 Å². The van der Waals surface area contributed by atoms with Crippen LogP contribution < -0.4 is 10.6 Å². The number of nitrogens with zero attached hydrogens (tertiary/aromatic N) is 5. The maximum Gasteiger partial charge on any atom is 0.251 e. The van der Waals surface area contributed by atoms with Crippen LogP contribution in [-0.2, 0) is 6.54 Å². The van der Waals surface area contributed by atoms with E-state index < -0.39 is 0 Å². The zero-order valence-electron chi connectivity index (χ0n) is 16.6. The molecule has 2 heterocycles. The number of hydrogen-bond acceptors (Lipinski definition) is 6. The van der Waals surface area contributed by atoms with Gasteiger partial charge in [-0.05, 0) is 32.4 Å². The number of rotatable bonds is 7. The Bertz CT molecular complexity index is 949. The molecule has 0 fully saturated rings. The highest BCUT2D eigenvalue weighted by molar-refractivity contribution is 5.94. The number of amides is 1. The van der Waals surface area contributed by atoms with Crippen LogP contribution in [0.25, 0.3) is 11.4 Å². The Hall–Kier alpha value is -3.29. The second kappa shape index (κ2) is 8.60. The number of anilines is 1. The van der Waals surface area contributed by atoms with Crippen molar-refractivity contribution in [2.45, 2.75) is 39.8 Å². The molecular formula is C20H25N7O. The number of carbonyl (C=O) groups excluding carboxylic acids is 1. The van der Waals surface area contributed by atoms with Crippen LogP contribution in [0.2, 0.25) is 0 Å². The van der Waals surface area contributed by atoms with Crippen molar-refractivity contribution in [3.05, 3.63) is 53.7 Å². The molecule has 0 bridgehead atoms. The topological polar surface area (TPSA) is 97.6 Å². The van der Waals surface area contributed by atoms with Gasteiger partial charge in [-0.1, -0.05) is 19.1 Å². The van der Waals surface area contributed by atoms with Crippen LogP contribution in [0.5, 0.6) is 0 Å². The quantitative estimate of drug-likeness (QED) is 0.655. The van der Waals surface area contributed by atoms with Crippen molar-refractivity contribution in [1.29, 1.82) is 0 Å². The van der Waals surface area contributed by atoms with Crippen LogP contribution in [0.1, 0.15) is 48.2 Å². The zero-order chi connectivity index (χ0) is 20.1. The van der Waals surface area contributed by atoms with Gasteiger partial charge in [0.1, 0.15) is 18.0 Å². The molecule has 1 aromatic carbocycles. The first-order valence-electron chi connectivity index (χ1n) is 9.34. The lowest BCUT2D eigenvalue weighted by molar-refractivity contribution is 0.0937. The molecule has 0 saturated heterocycles. The maximum atomic E-state index is 12.6. The van der Waals surface area contributed by atoms with Crippen molar-refractivity contribution in [2.75, 3.05) is 12.4 Å². The van der Waals surface area contributed by atoms with E-state index in [4.69, 9.17) is 0 Å². The molecule has 0 spiro atoms. The highest BCUT2D eigenvalue weighted by Gasteiger charge is 2.16. The van der Waals surface area contributed by atoms with Crippen LogP contribution in [0, 0.1) is 6.92 Å². The van der Waals surface area contributed by atoms with Crippen LogP contribution in [0.3, 0.4) is 0 Å². The zero-order valence-corrected chi connectivity index (χ0v) is 16.6. The van der Waals surface area contributed by atoms with Gasteiger partial charge in [-0.25, -0.2) is 19.6 Å². The summed E-state index contributed by atoms with van der Waals surface area (Å²) in [5.41, 5.74) is 2.30. The summed E-state index contributed by atoms with van der Waals surface area (Å²) in [5.74, 6) is 1.97. The first kappa shape index (κ1) is 19.5. The SMILES string of the molecule is CCCn1ncnc1C(C)NC(=O)c1ccc(-c2nc(C)cc(NC)n2)cc1. The monoisotopic (exact) mass is 379 g/mol. The van der Waals surface area contributed by atoms with Crippen molar-refractivity contribution < 1.29 is 4.79 Å². The summed E-state index contributed by atoms with van der Waals surface area (Å²) in [5, 5.41) is 10.2. The largest absolute Gasteiger partial charge is 0.373 e. The van der Waals surface area contributed by atoms with Gasteiger partial charge >= 0.3 is 0 Å². The standard InChI is InChI=1S/C20H25N7O/c1-5-10-27-19(22-12-23-27)14(3)25-20(28)16-8-6-15(7-9-16)18-24-13(2)11-17(21-4)26-18/h6-9,11-12,14H,5,10H2,1-4H3,(H,25,28)(H,21,24,26). The molecule has 0 aliphatic heterocycles. The maximum absolute atomic E-state index is 12.6. The molecule has 28 heavy (non-hydrogen) atoms. The van der Waals surface area contributed by atoms with Gasteiger partial charge in [-0.3, -0.25) is 4.79 Å². The molecule has 8 heteroatoms. The summed E-state index contributed by atoms with van der Waals surface area (Å²) >= 11 is 0. The Morgan fingerprint density at radius 2 is 1.96 bits per heavy atom. The van der Waals surface area contributed by atoms with Crippen molar-refractivity contribution >= 4 is 11.7 Å².